The molecular formula is C58H37NO2. The average molecular weight is 780 g/mol. The molecule has 61 heavy (non-hydrogen) atoms. The van der Waals surface area contributed by atoms with Gasteiger partial charge in [0.2, 0.25) is 0 Å². The Bertz CT molecular complexity index is 3590. The molecule has 12 aromatic rings. The highest BCUT2D eigenvalue weighted by molar-refractivity contribution is 6.11. The van der Waals surface area contributed by atoms with Gasteiger partial charge in [0.25, 0.3) is 0 Å². The van der Waals surface area contributed by atoms with Crippen LogP contribution in [-0.2, 0) is 0 Å². The second-order valence-electron chi connectivity index (χ2n) is 15.6. The van der Waals surface area contributed by atoms with Crippen LogP contribution < -0.4 is 4.90 Å². The van der Waals surface area contributed by atoms with Gasteiger partial charge < -0.3 is 13.7 Å². The Kier molecular flexibility index (Phi) is 8.17. The van der Waals surface area contributed by atoms with Crippen LogP contribution in [0.25, 0.3) is 99.2 Å². The molecule has 0 atom stereocenters. The van der Waals surface area contributed by atoms with E-state index in [1.54, 1.807) is 0 Å². The quantitative estimate of drug-likeness (QED) is 0.161. The Morgan fingerprint density at radius 3 is 1.57 bits per heavy atom. The lowest BCUT2D eigenvalue weighted by Gasteiger charge is -2.28. The van der Waals surface area contributed by atoms with E-state index in [0.717, 1.165) is 88.8 Å². The minimum absolute atomic E-state index is 0.883. The number of benzene rings is 10. The lowest BCUT2D eigenvalue weighted by atomic mass is 9.95. The van der Waals surface area contributed by atoms with Crippen molar-refractivity contribution in [3.05, 3.63) is 224 Å². The zero-order valence-corrected chi connectivity index (χ0v) is 33.1. The van der Waals surface area contributed by atoms with E-state index in [0.29, 0.717) is 0 Å². The monoisotopic (exact) mass is 779 g/mol. The Labute approximate surface area is 353 Å². The number of fused-ring (bicyclic) bond motifs is 7. The van der Waals surface area contributed by atoms with Gasteiger partial charge in [-0.1, -0.05) is 164 Å². The zero-order chi connectivity index (χ0) is 40.3. The first kappa shape index (κ1) is 34.9. The van der Waals surface area contributed by atoms with Gasteiger partial charge in [-0.3, -0.25) is 0 Å². The van der Waals surface area contributed by atoms with E-state index in [2.05, 4.69) is 205 Å². The van der Waals surface area contributed by atoms with E-state index in [1.165, 1.54) is 27.5 Å². The largest absolute Gasteiger partial charge is 0.456 e. The summed E-state index contributed by atoms with van der Waals surface area (Å²) < 4.78 is 12.9. The number of hydrogen-bond donors (Lipinski definition) is 0. The normalized spacial score (nSPS) is 11.6. The van der Waals surface area contributed by atoms with Gasteiger partial charge in [-0.25, -0.2) is 0 Å². The summed E-state index contributed by atoms with van der Waals surface area (Å²) in [6, 6.07) is 80.0. The van der Waals surface area contributed by atoms with E-state index in [9.17, 15) is 0 Å². The first-order valence-electron chi connectivity index (χ1n) is 20.7. The summed E-state index contributed by atoms with van der Waals surface area (Å²) >= 11 is 0. The first-order valence-corrected chi connectivity index (χ1v) is 20.7. The second kappa shape index (κ2) is 14.3. The molecule has 0 unspecified atom stereocenters. The van der Waals surface area contributed by atoms with Crippen LogP contribution in [0.2, 0.25) is 0 Å². The molecule has 0 fully saturated rings. The summed E-state index contributed by atoms with van der Waals surface area (Å²) in [6.07, 6.45) is 0. The number of hydrogen-bond acceptors (Lipinski definition) is 3. The molecule has 3 heteroatoms. The van der Waals surface area contributed by atoms with Gasteiger partial charge in [0, 0.05) is 44.0 Å². The third-order valence-electron chi connectivity index (χ3n) is 12.1. The van der Waals surface area contributed by atoms with Crippen molar-refractivity contribution in [2.45, 2.75) is 0 Å². The van der Waals surface area contributed by atoms with Gasteiger partial charge in [0.15, 0.2) is 0 Å². The van der Waals surface area contributed by atoms with Gasteiger partial charge in [-0.15, -0.1) is 0 Å². The van der Waals surface area contributed by atoms with Gasteiger partial charge >= 0.3 is 0 Å². The van der Waals surface area contributed by atoms with Crippen molar-refractivity contribution >= 4 is 71.7 Å². The number of para-hydroxylation sites is 4. The smallest absolute Gasteiger partial charge is 0.143 e. The number of anilines is 3. The van der Waals surface area contributed by atoms with Crippen molar-refractivity contribution in [1.29, 1.82) is 0 Å². The molecule has 0 aliphatic carbocycles. The third-order valence-corrected chi connectivity index (χ3v) is 12.1. The minimum atomic E-state index is 0.883. The molecule has 0 spiro atoms. The fraction of sp³-hybridized carbons (Fsp3) is 0. The van der Waals surface area contributed by atoms with Gasteiger partial charge in [-0.2, -0.15) is 0 Å². The van der Waals surface area contributed by atoms with Crippen LogP contribution in [0.5, 0.6) is 0 Å². The summed E-state index contributed by atoms with van der Waals surface area (Å²) in [6.45, 7) is 0. The number of rotatable bonds is 7. The molecule has 0 aliphatic rings. The van der Waals surface area contributed by atoms with Crippen molar-refractivity contribution in [3.63, 3.8) is 0 Å². The van der Waals surface area contributed by atoms with Crippen LogP contribution in [-0.4, -0.2) is 0 Å². The zero-order valence-electron chi connectivity index (χ0n) is 33.1. The Hall–Kier alpha value is -8.14. The molecule has 0 radical (unpaired) electrons. The SMILES string of the molecule is c1cc(-c2ccc(N(c3ccc(-c4ccc5c(c4)oc4ccccc45)cc3)c3ccccc3-c3cccc4c3oc3ccccc34)cc2)cc(-c2cccc3ccccc23)c1. The third kappa shape index (κ3) is 5.98. The number of furan rings is 2. The molecule has 0 N–H and O–H groups in total. The van der Waals surface area contributed by atoms with E-state index in [-0.39, 0.29) is 0 Å². The molecule has 0 amide bonds. The maximum atomic E-state index is 6.60. The maximum absolute atomic E-state index is 6.60. The van der Waals surface area contributed by atoms with Crippen LogP contribution in [0, 0.1) is 0 Å². The summed E-state index contributed by atoms with van der Waals surface area (Å²) in [5.41, 5.74) is 15.8. The molecule has 0 aliphatic heterocycles. The molecule has 0 saturated heterocycles. The number of nitrogens with zero attached hydrogens (tertiary/aromatic N) is 1. The predicted octanol–water partition coefficient (Wildman–Crippen LogP) is 16.8. The maximum Gasteiger partial charge on any atom is 0.143 e. The van der Waals surface area contributed by atoms with Crippen molar-refractivity contribution in [2.24, 2.45) is 0 Å². The molecule has 10 aromatic carbocycles. The molecule has 3 nitrogen and oxygen atoms in total. The Morgan fingerprint density at radius 1 is 0.279 bits per heavy atom. The fourth-order valence-corrected chi connectivity index (χ4v) is 9.14. The van der Waals surface area contributed by atoms with Gasteiger partial charge in [-0.05, 0) is 105 Å². The molecule has 12 rings (SSSR count). The Balaban J connectivity index is 0.971. The van der Waals surface area contributed by atoms with Crippen molar-refractivity contribution in [1.82, 2.24) is 0 Å². The first-order chi connectivity index (χ1) is 30.2. The molecule has 2 heterocycles. The predicted molar refractivity (Wildman–Crippen MR) is 255 cm³/mol. The van der Waals surface area contributed by atoms with Crippen LogP contribution in [0.4, 0.5) is 17.1 Å². The highest BCUT2D eigenvalue weighted by atomic mass is 16.3. The average Bonchev–Trinajstić information content (AvgIpc) is 3.90. The molecule has 2 aromatic heterocycles. The van der Waals surface area contributed by atoms with E-state index in [1.807, 2.05) is 24.3 Å². The summed E-state index contributed by atoms with van der Waals surface area (Å²) in [7, 11) is 0. The summed E-state index contributed by atoms with van der Waals surface area (Å²) in [4.78, 5) is 2.36. The van der Waals surface area contributed by atoms with E-state index >= 15 is 0 Å². The van der Waals surface area contributed by atoms with E-state index in [4.69, 9.17) is 8.83 Å². The van der Waals surface area contributed by atoms with Crippen molar-refractivity contribution in [2.75, 3.05) is 4.90 Å². The molecule has 286 valence electrons. The fourth-order valence-electron chi connectivity index (χ4n) is 9.14. The standard InChI is InChI=1S/C58H37NO2/c1-2-16-46-40(12-1)13-10-20-47(46)43-15-9-14-41(36-43)38-26-31-44(32-27-38)59(45-33-28-39(29-34-45)42-30-35-51-49-18-4-7-24-55(49)60-57(51)37-42)54-23-6-3-17-48(54)52-21-11-22-53-50-19-5-8-25-56(50)61-58(52)53/h1-37H. The Morgan fingerprint density at radius 2 is 0.787 bits per heavy atom. The summed E-state index contributed by atoms with van der Waals surface area (Å²) in [5, 5.41) is 6.98. The lowest BCUT2D eigenvalue weighted by Crippen LogP contribution is -2.11. The van der Waals surface area contributed by atoms with Gasteiger partial charge in [0.1, 0.15) is 22.3 Å². The summed E-state index contributed by atoms with van der Waals surface area (Å²) in [5.74, 6) is 0. The molecular weight excluding hydrogens is 743 g/mol. The van der Waals surface area contributed by atoms with Crippen LogP contribution in [0.3, 0.4) is 0 Å². The van der Waals surface area contributed by atoms with Crippen molar-refractivity contribution < 1.29 is 8.83 Å². The van der Waals surface area contributed by atoms with Crippen LogP contribution in [0.15, 0.2) is 233 Å². The van der Waals surface area contributed by atoms with Crippen LogP contribution in [0.1, 0.15) is 0 Å². The van der Waals surface area contributed by atoms with E-state index < -0.39 is 0 Å². The molecule has 0 bridgehead atoms. The highest BCUT2D eigenvalue weighted by Crippen LogP contribution is 2.45. The van der Waals surface area contributed by atoms with Crippen LogP contribution >= 0.6 is 0 Å². The van der Waals surface area contributed by atoms with Crippen molar-refractivity contribution in [3.8, 4) is 44.5 Å². The molecule has 0 saturated carbocycles. The second-order valence-corrected chi connectivity index (χ2v) is 15.6. The lowest BCUT2D eigenvalue weighted by molar-refractivity contribution is 0.669. The minimum Gasteiger partial charge on any atom is -0.456 e. The van der Waals surface area contributed by atoms with Gasteiger partial charge in [0.05, 0.1) is 5.69 Å². The highest BCUT2D eigenvalue weighted by Gasteiger charge is 2.21. The topological polar surface area (TPSA) is 29.5 Å².